The number of fused-ring (bicyclic) bond motifs is 1. The summed E-state index contributed by atoms with van der Waals surface area (Å²) in [5.41, 5.74) is 10.5. The molecule has 0 atom stereocenters. The number of nitrogens with two attached hydrogens (primary N) is 1. The second-order valence-electron chi connectivity index (χ2n) is 6.12. The topological polar surface area (TPSA) is 61.3 Å². The molecule has 1 fully saturated rings. The molecule has 1 aliphatic carbocycles. The summed E-state index contributed by atoms with van der Waals surface area (Å²) in [5.74, 6) is 0.598. The van der Waals surface area contributed by atoms with Crippen LogP contribution in [0.5, 0.6) is 0 Å². The van der Waals surface area contributed by atoms with Gasteiger partial charge in [-0.25, -0.2) is 4.98 Å². The van der Waals surface area contributed by atoms with E-state index >= 15 is 0 Å². The lowest BCUT2D eigenvalue weighted by Crippen LogP contribution is -2.08. The largest absolute Gasteiger partial charge is 0.436 e. The number of benzene rings is 2. The first kappa shape index (κ1) is 14.3. The number of anilines is 1. The summed E-state index contributed by atoms with van der Waals surface area (Å²) < 4.78 is 11.7. The number of hydrogen-bond donors (Lipinski definition) is 1. The molecule has 0 aliphatic heterocycles. The molecule has 2 aromatic carbocycles. The van der Waals surface area contributed by atoms with E-state index in [2.05, 4.69) is 4.98 Å². The third-order valence-electron chi connectivity index (χ3n) is 4.46. The summed E-state index contributed by atoms with van der Waals surface area (Å²) in [6.45, 7) is 0.574. The molecule has 118 valence electrons. The number of ether oxygens (including phenoxy) is 1. The minimum absolute atomic E-state index is 0.395. The van der Waals surface area contributed by atoms with Gasteiger partial charge in [0.1, 0.15) is 5.52 Å². The lowest BCUT2D eigenvalue weighted by Gasteiger charge is -2.12. The summed E-state index contributed by atoms with van der Waals surface area (Å²) in [5, 5.41) is 0. The molecule has 1 aromatic heterocycles. The first-order valence-electron chi connectivity index (χ1n) is 8.15. The quantitative estimate of drug-likeness (QED) is 0.719. The molecule has 2 N–H and O–H groups in total. The van der Waals surface area contributed by atoms with Gasteiger partial charge < -0.3 is 14.9 Å². The molecule has 4 nitrogen and oxygen atoms in total. The van der Waals surface area contributed by atoms with Crippen LogP contribution in [-0.4, -0.2) is 11.1 Å². The maximum atomic E-state index is 6.19. The van der Waals surface area contributed by atoms with Gasteiger partial charge in [0.15, 0.2) is 5.58 Å². The number of oxazole rings is 1. The lowest BCUT2D eigenvalue weighted by molar-refractivity contribution is 0.0460. The van der Waals surface area contributed by atoms with E-state index in [-0.39, 0.29) is 0 Å². The van der Waals surface area contributed by atoms with Crippen molar-refractivity contribution in [1.29, 1.82) is 0 Å². The Balaban J connectivity index is 1.54. The van der Waals surface area contributed by atoms with Crippen molar-refractivity contribution < 1.29 is 9.15 Å². The van der Waals surface area contributed by atoms with Crippen LogP contribution in [-0.2, 0) is 11.3 Å². The van der Waals surface area contributed by atoms with Gasteiger partial charge in [0, 0.05) is 16.8 Å². The van der Waals surface area contributed by atoms with E-state index in [1.54, 1.807) is 0 Å². The molecule has 0 radical (unpaired) electrons. The molecule has 4 heteroatoms. The number of aromatic nitrogens is 1. The molecule has 0 saturated heterocycles. The van der Waals surface area contributed by atoms with Crippen molar-refractivity contribution in [3.8, 4) is 11.5 Å². The highest BCUT2D eigenvalue weighted by molar-refractivity contribution is 5.76. The smallest absolute Gasteiger partial charge is 0.227 e. The van der Waals surface area contributed by atoms with Crippen molar-refractivity contribution in [1.82, 2.24) is 4.98 Å². The zero-order valence-electron chi connectivity index (χ0n) is 13.0. The molecule has 23 heavy (non-hydrogen) atoms. The van der Waals surface area contributed by atoms with E-state index in [9.17, 15) is 0 Å². The van der Waals surface area contributed by atoms with Crippen LogP contribution in [0.15, 0.2) is 46.9 Å². The highest BCUT2D eigenvalue weighted by Gasteiger charge is 2.16. The Morgan fingerprint density at radius 3 is 2.74 bits per heavy atom. The van der Waals surface area contributed by atoms with Crippen LogP contribution in [0.3, 0.4) is 0 Å². The second kappa shape index (κ2) is 6.05. The zero-order valence-corrected chi connectivity index (χ0v) is 13.0. The normalized spacial score (nSPS) is 15.5. The summed E-state index contributed by atoms with van der Waals surface area (Å²) in [6.07, 6.45) is 5.28. The van der Waals surface area contributed by atoms with Crippen molar-refractivity contribution in [2.45, 2.75) is 38.4 Å². The van der Waals surface area contributed by atoms with Crippen LogP contribution in [0.25, 0.3) is 22.6 Å². The van der Waals surface area contributed by atoms with Gasteiger partial charge in [-0.15, -0.1) is 0 Å². The maximum absolute atomic E-state index is 6.19. The summed E-state index contributed by atoms with van der Waals surface area (Å²) in [4.78, 5) is 4.51. The van der Waals surface area contributed by atoms with E-state index < -0.39 is 0 Å². The molecule has 0 unspecified atom stereocenters. The molecular formula is C19H20N2O2. The monoisotopic (exact) mass is 308 g/mol. The highest BCUT2D eigenvalue weighted by atomic mass is 16.5. The fourth-order valence-electron chi connectivity index (χ4n) is 3.12. The Labute approximate surface area is 135 Å². The van der Waals surface area contributed by atoms with Crippen LogP contribution in [0, 0.1) is 0 Å². The average molecular weight is 308 g/mol. The van der Waals surface area contributed by atoms with Crippen molar-refractivity contribution >= 4 is 16.8 Å². The molecule has 3 aromatic rings. The van der Waals surface area contributed by atoms with Gasteiger partial charge in [-0.1, -0.05) is 31.0 Å². The number of hydrogen-bond acceptors (Lipinski definition) is 4. The first-order chi connectivity index (χ1) is 11.3. The second-order valence-corrected chi connectivity index (χ2v) is 6.12. The highest BCUT2D eigenvalue weighted by Crippen LogP contribution is 2.28. The molecule has 4 rings (SSSR count). The van der Waals surface area contributed by atoms with Gasteiger partial charge in [0.25, 0.3) is 0 Å². The number of nitrogens with zero attached hydrogens (tertiary/aromatic N) is 1. The average Bonchev–Trinajstić information content (AvgIpc) is 3.23. The van der Waals surface area contributed by atoms with Crippen molar-refractivity contribution in [3.05, 3.63) is 48.0 Å². The molecular weight excluding hydrogens is 288 g/mol. The summed E-state index contributed by atoms with van der Waals surface area (Å²) >= 11 is 0. The lowest BCUT2D eigenvalue weighted by atomic mass is 10.1. The molecule has 1 aliphatic rings. The SMILES string of the molecule is Nc1cc(-c2nc3ccccc3o2)ccc1COC1CCCC1. The van der Waals surface area contributed by atoms with Crippen molar-refractivity contribution in [3.63, 3.8) is 0 Å². The molecule has 1 heterocycles. The van der Waals surface area contributed by atoms with Crippen LogP contribution in [0.2, 0.25) is 0 Å². The minimum atomic E-state index is 0.395. The van der Waals surface area contributed by atoms with Gasteiger partial charge in [-0.05, 0) is 37.1 Å². The molecule has 0 amide bonds. The Hall–Kier alpha value is -2.33. The van der Waals surface area contributed by atoms with Crippen LogP contribution >= 0.6 is 0 Å². The van der Waals surface area contributed by atoms with E-state index in [1.165, 1.54) is 25.7 Å². The van der Waals surface area contributed by atoms with Crippen LogP contribution in [0.1, 0.15) is 31.2 Å². The third-order valence-corrected chi connectivity index (χ3v) is 4.46. The molecule has 0 bridgehead atoms. The van der Waals surface area contributed by atoms with Gasteiger partial charge >= 0.3 is 0 Å². The van der Waals surface area contributed by atoms with E-state index in [4.69, 9.17) is 14.9 Å². The Kier molecular flexibility index (Phi) is 3.75. The first-order valence-corrected chi connectivity index (χ1v) is 8.15. The number of para-hydroxylation sites is 2. The van der Waals surface area contributed by atoms with Gasteiger partial charge in [-0.3, -0.25) is 0 Å². The third kappa shape index (κ3) is 2.94. The van der Waals surface area contributed by atoms with Crippen LogP contribution in [0.4, 0.5) is 5.69 Å². The Morgan fingerprint density at radius 2 is 1.96 bits per heavy atom. The summed E-state index contributed by atoms with van der Waals surface area (Å²) in [6, 6.07) is 13.7. The van der Waals surface area contributed by atoms with Crippen molar-refractivity contribution in [2.24, 2.45) is 0 Å². The number of rotatable bonds is 4. The standard InChI is InChI=1S/C19H20N2O2/c20-16-11-13(19-21-17-7-3-4-8-18(17)23-19)9-10-14(16)12-22-15-5-1-2-6-15/h3-4,7-11,15H,1-2,5-6,12,20H2. The molecule has 0 spiro atoms. The van der Waals surface area contributed by atoms with E-state index in [1.807, 2.05) is 42.5 Å². The maximum Gasteiger partial charge on any atom is 0.227 e. The predicted molar refractivity (Wildman–Crippen MR) is 90.9 cm³/mol. The van der Waals surface area contributed by atoms with Gasteiger partial charge in [0.05, 0.1) is 12.7 Å². The predicted octanol–water partition coefficient (Wildman–Crippen LogP) is 4.54. The minimum Gasteiger partial charge on any atom is -0.436 e. The molecule has 1 saturated carbocycles. The van der Waals surface area contributed by atoms with E-state index in [0.717, 1.165) is 27.9 Å². The van der Waals surface area contributed by atoms with Crippen molar-refractivity contribution in [2.75, 3.05) is 5.73 Å². The Bertz CT molecular complexity index is 786. The van der Waals surface area contributed by atoms with Gasteiger partial charge in [0.2, 0.25) is 5.89 Å². The fraction of sp³-hybridized carbons (Fsp3) is 0.316. The van der Waals surface area contributed by atoms with E-state index in [0.29, 0.717) is 18.6 Å². The summed E-state index contributed by atoms with van der Waals surface area (Å²) in [7, 11) is 0. The van der Waals surface area contributed by atoms with Crippen LogP contribution < -0.4 is 5.73 Å². The Morgan fingerprint density at radius 1 is 1.13 bits per heavy atom. The van der Waals surface area contributed by atoms with Gasteiger partial charge in [-0.2, -0.15) is 0 Å². The zero-order chi connectivity index (χ0) is 15.6. The fourth-order valence-corrected chi connectivity index (χ4v) is 3.12. The number of nitrogen functional groups attached to an aromatic ring is 1.